The molecule has 0 bridgehead atoms. The summed E-state index contributed by atoms with van der Waals surface area (Å²) in [6.07, 6.45) is 1.77. The van der Waals surface area contributed by atoms with Gasteiger partial charge in [-0.05, 0) is 25.5 Å². The lowest BCUT2D eigenvalue weighted by Gasteiger charge is -2.08. The first-order valence-corrected chi connectivity index (χ1v) is 5.18. The molecule has 0 saturated carbocycles. The minimum Gasteiger partial charge on any atom is -0.479 e. The second-order valence-electron chi connectivity index (χ2n) is 3.77. The molecule has 2 heterocycles. The molecule has 94 valence electrons. The second kappa shape index (κ2) is 5.38. The molecular weight excluding hydrogens is 240 g/mol. The Labute approximate surface area is 107 Å². The molecule has 0 amide bonds. The van der Waals surface area contributed by atoms with Crippen LogP contribution in [0.15, 0.2) is 12.3 Å². The van der Waals surface area contributed by atoms with Gasteiger partial charge in [0.15, 0.2) is 0 Å². The molecule has 0 N–H and O–H groups in total. The van der Waals surface area contributed by atoms with Crippen LogP contribution in [0.1, 0.15) is 11.3 Å². The maximum Gasteiger partial charge on any atom is 0.238 e. The number of aromatic nitrogens is 2. The number of hydrogen-bond acceptors (Lipinski definition) is 3. The second-order valence-corrected chi connectivity index (χ2v) is 3.77. The predicted molar refractivity (Wildman–Crippen MR) is 70.0 cm³/mol. The summed E-state index contributed by atoms with van der Waals surface area (Å²) < 4.78 is 12.6. The maximum absolute atomic E-state index is 5.30. The summed E-state index contributed by atoms with van der Waals surface area (Å²) in [6, 6.07) is 2.01. The van der Waals surface area contributed by atoms with E-state index < -0.39 is 0 Å². The lowest BCUT2D eigenvalue weighted by Crippen LogP contribution is -2.03. The minimum absolute atomic E-state index is 0. The molecule has 2 rings (SSSR count). The molecule has 0 aliphatic heterocycles. The molecule has 5 heteroatoms. The molecule has 2 aromatic heterocycles. The first kappa shape index (κ1) is 13.8. The molecule has 2 aromatic rings. The van der Waals surface area contributed by atoms with E-state index >= 15 is 0 Å². The standard InChI is InChI=1S/C12H16N2O2.ClH/c1-8-9(2)14(7-15-3)11-10(8)5-6-13-12(11)16-4;/h5-6H,7H2,1-4H3;1H. The summed E-state index contributed by atoms with van der Waals surface area (Å²) in [5, 5.41) is 1.17. The molecule has 0 fully saturated rings. The van der Waals surface area contributed by atoms with Crippen LogP contribution in [-0.2, 0) is 11.5 Å². The van der Waals surface area contributed by atoms with Crippen LogP contribution >= 0.6 is 12.4 Å². The Morgan fingerprint density at radius 2 is 2.00 bits per heavy atom. The molecule has 0 aromatic carbocycles. The topological polar surface area (TPSA) is 36.3 Å². The van der Waals surface area contributed by atoms with Gasteiger partial charge in [-0.25, -0.2) is 4.98 Å². The predicted octanol–water partition coefficient (Wildman–Crippen LogP) is 2.69. The number of fused-ring (bicyclic) bond motifs is 1. The van der Waals surface area contributed by atoms with Crippen LogP contribution in [0.4, 0.5) is 0 Å². The van der Waals surface area contributed by atoms with Gasteiger partial charge in [0.05, 0.1) is 7.11 Å². The van der Waals surface area contributed by atoms with Crippen molar-refractivity contribution in [2.75, 3.05) is 14.2 Å². The highest BCUT2D eigenvalue weighted by Crippen LogP contribution is 2.30. The van der Waals surface area contributed by atoms with E-state index in [0.717, 1.165) is 5.52 Å². The first-order valence-electron chi connectivity index (χ1n) is 5.18. The highest BCUT2D eigenvalue weighted by Gasteiger charge is 2.14. The van der Waals surface area contributed by atoms with Crippen molar-refractivity contribution >= 4 is 23.3 Å². The van der Waals surface area contributed by atoms with E-state index in [2.05, 4.69) is 23.4 Å². The Hall–Kier alpha value is -1.26. The van der Waals surface area contributed by atoms with Crippen LogP contribution < -0.4 is 4.74 Å². The van der Waals surface area contributed by atoms with Crippen LogP contribution in [-0.4, -0.2) is 23.8 Å². The van der Waals surface area contributed by atoms with Crippen molar-refractivity contribution in [1.82, 2.24) is 9.55 Å². The largest absolute Gasteiger partial charge is 0.479 e. The number of ether oxygens (including phenoxy) is 2. The fraction of sp³-hybridized carbons (Fsp3) is 0.417. The average Bonchev–Trinajstić information content (AvgIpc) is 2.55. The van der Waals surface area contributed by atoms with Crippen molar-refractivity contribution in [3.8, 4) is 5.88 Å². The van der Waals surface area contributed by atoms with Crippen molar-refractivity contribution in [3.63, 3.8) is 0 Å². The Morgan fingerprint density at radius 3 is 2.59 bits per heavy atom. The van der Waals surface area contributed by atoms with Crippen LogP contribution in [0, 0.1) is 13.8 Å². The summed E-state index contributed by atoms with van der Waals surface area (Å²) in [5.41, 5.74) is 3.43. The third-order valence-corrected chi connectivity index (χ3v) is 2.96. The molecular formula is C12H17ClN2O2. The molecule has 0 unspecified atom stereocenters. The van der Waals surface area contributed by atoms with Gasteiger partial charge in [0, 0.05) is 24.4 Å². The summed E-state index contributed by atoms with van der Waals surface area (Å²) in [6.45, 7) is 4.69. The molecule has 0 atom stereocenters. The van der Waals surface area contributed by atoms with Crippen LogP contribution in [0.25, 0.3) is 10.9 Å². The zero-order valence-corrected chi connectivity index (χ0v) is 11.3. The molecule has 0 aliphatic rings. The van der Waals surface area contributed by atoms with Gasteiger partial charge < -0.3 is 14.0 Å². The van der Waals surface area contributed by atoms with Gasteiger partial charge in [-0.3, -0.25) is 0 Å². The fourth-order valence-electron chi connectivity index (χ4n) is 2.00. The monoisotopic (exact) mass is 256 g/mol. The van der Waals surface area contributed by atoms with Crippen molar-refractivity contribution in [2.45, 2.75) is 20.6 Å². The van der Waals surface area contributed by atoms with Crippen LogP contribution in [0.2, 0.25) is 0 Å². The highest BCUT2D eigenvalue weighted by molar-refractivity contribution is 5.88. The van der Waals surface area contributed by atoms with E-state index in [1.807, 2.05) is 6.07 Å². The highest BCUT2D eigenvalue weighted by atomic mass is 35.5. The Morgan fingerprint density at radius 1 is 1.29 bits per heavy atom. The SMILES string of the molecule is COCn1c(C)c(C)c2ccnc(OC)c21.Cl. The normalized spacial score (nSPS) is 10.4. The van der Waals surface area contributed by atoms with Crippen molar-refractivity contribution < 1.29 is 9.47 Å². The van der Waals surface area contributed by atoms with Crippen molar-refractivity contribution in [2.24, 2.45) is 0 Å². The third kappa shape index (κ3) is 2.10. The zero-order chi connectivity index (χ0) is 11.7. The average molecular weight is 257 g/mol. The molecule has 0 aliphatic carbocycles. The Kier molecular flexibility index (Phi) is 4.37. The Balaban J connectivity index is 0.00000144. The lowest BCUT2D eigenvalue weighted by atomic mass is 10.2. The van der Waals surface area contributed by atoms with Gasteiger partial charge in [0.2, 0.25) is 5.88 Å². The molecule has 0 saturated heterocycles. The number of nitrogens with zero attached hydrogens (tertiary/aromatic N) is 2. The van der Waals surface area contributed by atoms with Gasteiger partial charge in [0.1, 0.15) is 12.2 Å². The number of pyridine rings is 1. The van der Waals surface area contributed by atoms with E-state index in [1.165, 1.54) is 16.6 Å². The molecule has 17 heavy (non-hydrogen) atoms. The molecule has 4 nitrogen and oxygen atoms in total. The number of hydrogen-bond donors (Lipinski definition) is 0. The van der Waals surface area contributed by atoms with E-state index in [-0.39, 0.29) is 12.4 Å². The molecule has 0 spiro atoms. The summed E-state index contributed by atoms with van der Waals surface area (Å²) >= 11 is 0. The van der Waals surface area contributed by atoms with Gasteiger partial charge >= 0.3 is 0 Å². The molecule has 0 radical (unpaired) electrons. The van der Waals surface area contributed by atoms with Crippen molar-refractivity contribution in [1.29, 1.82) is 0 Å². The zero-order valence-electron chi connectivity index (χ0n) is 10.5. The van der Waals surface area contributed by atoms with Gasteiger partial charge in [-0.2, -0.15) is 0 Å². The lowest BCUT2D eigenvalue weighted by molar-refractivity contribution is 0.132. The maximum atomic E-state index is 5.30. The van der Waals surface area contributed by atoms with E-state index in [4.69, 9.17) is 9.47 Å². The third-order valence-electron chi connectivity index (χ3n) is 2.96. The smallest absolute Gasteiger partial charge is 0.238 e. The number of aryl methyl sites for hydroxylation is 1. The summed E-state index contributed by atoms with van der Waals surface area (Å²) in [5.74, 6) is 0.644. The van der Waals surface area contributed by atoms with Crippen LogP contribution in [0.3, 0.4) is 0 Å². The summed E-state index contributed by atoms with van der Waals surface area (Å²) in [7, 11) is 3.32. The van der Waals surface area contributed by atoms with E-state index in [0.29, 0.717) is 12.6 Å². The van der Waals surface area contributed by atoms with E-state index in [9.17, 15) is 0 Å². The van der Waals surface area contributed by atoms with E-state index in [1.54, 1.807) is 20.4 Å². The van der Waals surface area contributed by atoms with Gasteiger partial charge in [0.25, 0.3) is 0 Å². The number of rotatable bonds is 3. The minimum atomic E-state index is 0. The van der Waals surface area contributed by atoms with Gasteiger partial charge in [-0.15, -0.1) is 12.4 Å². The first-order chi connectivity index (χ1) is 7.70. The number of methoxy groups -OCH3 is 2. The quantitative estimate of drug-likeness (QED) is 0.847. The van der Waals surface area contributed by atoms with Crippen LogP contribution in [0.5, 0.6) is 5.88 Å². The number of halogens is 1. The van der Waals surface area contributed by atoms with Gasteiger partial charge in [-0.1, -0.05) is 0 Å². The van der Waals surface area contributed by atoms with Crippen molar-refractivity contribution in [3.05, 3.63) is 23.5 Å². The fourth-order valence-corrected chi connectivity index (χ4v) is 2.00. The summed E-state index contributed by atoms with van der Waals surface area (Å²) in [4.78, 5) is 4.22. The Bertz CT molecular complexity index is 523.